The third kappa shape index (κ3) is 3.32. The second-order valence-electron chi connectivity index (χ2n) is 6.35. The maximum Gasteiger partial charge on any atom is 0.125 e. The summed E-state index contributed by atoms with van der Waals surface area (Å²) in [7, 11) is 0. The monoisotopic (exact) mass is 561 g/mol. The minimum atomic E-state index is 0. The molecule has 0 amide bonds. The Kier molecular flexibility index (Phi) is 4.95. The zero-order valence-corrected chi connectivity index (χ0v) is 17.2. The maximum absolute atomic E-state index is 10.1. The van der Waals surface area contributed by atoms with Gasteiger partial charge >= 0.3 is 0 Å². The molecule has 0 unspecified atom stereocenters. The molecule has 0 saturated carbocycles. The van der Waals surface area contributed by atoms with Crippen molar-refractivity contribution in [3.05, 3.63) is 73.1 Å². The molecule has 0 bridgehead atoms. The molecule has 0 saturated heterocycles. The van der Waals surface area contributed by atoms with Gasteiger partial charge in [-0.05, 0) is 36.4 Å². The summed E-state index contributed by atoms with van der Waals surface area (Å²) in [5, 5.41) is 20.3. The van der Waals surface area contributed by atoms with Gasteiger partial charge in [0.25, 0.3) is 0 Å². The van der Waals surface area contributed by atoms with E-state index in [1.54, 1.807) is 48.8 Å². The fourth-order valence-corrected chi connectivity index (χ4v) is 3.19. The van der Waals surface area contributed by atoms with Gasteiger partial charge in [-0.15, -0.1) is 0 Å². The Balaban J connectivity index is 0.00000205. The van der Waals surface area contributed by atoms with Crippen molar-refractivity contribution in [1.29, 1.82) is 0 Å². The molecule has 144 valence electrons. The van der Waals surface area contributed by atoms with E-state index in [-0.39, 0.29) is 32.6 Å². The molecule has 2 aromatic heterocycles. The summed E-state index contributed by atoms with van der Waals surface area (Å²) in [5.74, 6) is 0.273. The number of hydrogen-bond donors (Lipinski definition) is 2. The van der Waals surface area contributed by atoms with Crippen molar-refractivity contribution < 1.29 is 31.3 Å². The van der Waals surface area contributed by atoms with Gasteiger partial charge in [-0.1, -0.05) is 24.3 Å². The smallest absolute Gasteiger partial charge is 0.125 e. The molecule has 0 spiro atoms. The van der Waals surface area contributed by atoms with Crippen LogP contribution in [-0.2, 0) is 21.1 Å². The van der Waals surface area contributed by atoms with Gasteiger partial charge in [-0.25, -0.2) is 9.97 Å². The number of aromatic nitrogens is 4. The van der Waals surface area contributed by atoms with Gasteiger partial charge in [0.15, 0.2) is 0 Å². The topological polar surface area (TPSA) is 92.0 Å². The van der Waals surface area contributed by atoms with Crippen LogP contribution < -0.4 is 0 Å². The molecule has 7 heteroatoms. The molecular formula is C22H14N4O2Pt. The Bertz CT molecular complexity index is 1250. The van der Waals surface area contributed by atoms with E-state index in [9.17, 15) is 10.2 Å². The van der Waals surface area contributed by atoms with Crippen molar-refractivity contribution in [3.8, 4) is 34.0 Å². The summed E-state index contributed by atoms with van der Waals surface area (Å²) in [6.07, 6.45) is 3.26. The van der Waals surface area contributed by atoms with Crippen LogP contribution in [0.15, 0.2) is 73.1 Å². The number of rotatable bonds is 2. The summed E-state index contributed by atoms with van der Waals surface area (Å²) in [6.45, 7) is 0. The molecule has 0 fully saturated rings. The van der Waals surface area contributed by atoms with E-state index in [4.69, 9.17) is 9.97 Å². The van der Waals surface area contributed by atoms with Crippen LogP contribution in [-0.4, -0.2) is 30.1 Å². The van der Waals surface area contributed by atoms with Crippen LogP contribution in [0, 0.1) is 0 Å². The third-order valence-corrected chi connectivity index (χ3v) is 4.58. The molecular weight excluding hydrogens is 547 g/mol. The molecule has 0 aliphatic heterocycles. The minimum absolute atomic E-state index is 0. The van der Waals surface area contributed by atoms with Crippen molar-refractivity contribution in [2.24, 2.45) is 0 Å². The first kappa shape index (κ1) is 19.0. The fourth-order valence-electron chi connectivity index (χ4n) is 3.19. The first-order valence-electron chi connectivity index (χ1n) is 8.70. The Morgan fingerprint density at radius 2 is 0.966 bits per heavy atom. The average molecular weight is 561 g/mol. The van der Waals surface area contributed by atoms with Crippen molar-refractivity contribution in [2.75, 3.05) is 0 Å². The molecule has 6 nitrogen and oxygen atoms in total. The molecule has 2 heterocycles. The summed E-state index contributed by atoms with van der Waals surface area (Å²) >= 11 is 0. The van der Waals surface area contributed by atoms with Crippen molar-refractivity contribution in [2.45, 2.75) is 0 Å². The van der Waals surface area contributed by atoms with E-state index in [0.717, 1.165) is 0 Å². The Hall–Kier alpha value is -3.37. The second-order valence-corrected chi connectivity index (χ2v) is 6.35. The standard InChI is InChI=1S/C22H14N4O2.Pt/c27-19-7-3-1-5-13(19)17-11-23-15-9-10-16-22(21(15)25-17)26-18(12-24-16)14-6-2-4-8-20(14)28;/h1-12,27-28H;. The summed E-state index contributed by atoms with van der Waals surface area (Å²) in [6, 6.07) is 17.7. The predicted molar refractivity (Wildman–Crippen MR) is 107 cm³/mol. The van der Waals surface area contributed by atoms with Crippen LogP contribution in [0.1, 0.15) is 0 Å². The molecule has 5 aromatic rings. The number of phenolic OH excluding ortho intramolecular Hbond substituents is 2. The molecule has 0 aliphatic rings. The molecule has 0 atom stereocenters. The Morgan fingerprint density at radius 3 is 1.38 bits per heavy atom. The van der Waals surface area contributed by atoms with Gasteiger partial charge in [-0.3, -0.25) is 9.97 Å². The number of fused-ring (bicyclic) bond motifs is 3. The predicted octanol–water partition coefficient (Wildman–Crippen LogP) is 4.32. The second kappa shape index (κ2) is 7.57. The average Bonchev–Trinajstić information content (AvgIpc) is 2.74. The number of aromatic hydroxyl groups is 2. The van der Waals surface area contributed by atoms with Crippen molar-refractivity contribution in [3.63, 3.8) is 0 Å². The zero-order valence-electron chi connectivity index (χ0n) is 14.9. The van der Waals surface area contributed by atoms with E-state index in [1.165, 1.54) is 0 Å². The number of benzene rings is 3. The number of para-hydroxylation sites is 2. The molecule has 29 heavy (non-hydrogen) atoms. The van der Waals surface area contributed by atoms with Crippen LogP contribution in [0.25, 0.3) is 44.6 Å². The SMILES string of the molecule is Oc1ccccc1-c1cnc2ccc3ncc(-c4ccccc4O)nc3c2n1.[Pt]. The van der Waals surface area contributed by atoms with Gasteiger partial charge in [0.05, 0.1) is 34.8 Å². The molecule has 0 radical (unpaired) electrons. The summed E-state index contributed by atoms with van der Waals surface area (Å²) in [5.41, 5.74) is 4.81. The van der Waals surface area contributed by atoms with Crippen LogP contribution in [0.2, 0.25) is 0 Å². The van der Waals surface area contributed by atoms with Crippen LogP contribution in [0.4, 0.5) is 0 Å². The van der Waals surface area contributed by atoms with Gasteiger partial charge in [-0.2, -0.15) is 0 Å². The number of phenols is 2. The largest absolute Gasteiger partial charge is 0.507 e. The first-order chi connectivity index (χ1) is 13.7. The Labute approximate surface area is 180 Å². The van der Waals surface area contributed by atoms with Crippen molar-refractivity contribution in [1.82, 2.24) is 19.9 Å². The van der Waals surface area contributed by atoms with Crippen LogP contribution in [0.5, 0.6) is 11.5 Å². The summed E-state index contributed by atoms with van der Waals surface area (Å²) in [4.78, 5) is 18.4. The van der Waals surface area contributed by atoms with Crippen molar-refractivity contribution >= 4 is 22.1 Å². The van der Waals surface area contributed by atoms with E-state index in [1.807, 2.05) is 24.3 Å². The van der Waals surface area contributed by atoms with E-state index in [2.05, 4.69) is 9.97 Å². The molecule has 5 rings (SSSR count). The Morgan fingerprint density at radius 1 is 0.552 bits per heavy atom. The fraction of sp³-hybridized carbons (Fsp3) is 0. The van der Waals surface area contributed by atoms with Gasteiger partial charge in [0, 0.05) is 32.2 Å². The van der Waals surface area contributed by atoms with Gasteiger partial charge in [0.1, 0.15) is 22.5 Å². The van der Waals surface area contributed by atoms with Crippen LogP contribution in [0.3, 0.4) is 0 Å². The van der Waals surface area contributed by atoms with E-state index >= 15 is 0 Å². The number of hydrogen-bond acceptors (Lipinski definition) is 6. The normalized spacial score (nSPS) is 10.8. The molecule has 0 aliphatic carbocycles. The first-order valence-corrected chi connectivity index (χ1v) is 8.70. The van der Waals surface area contributed by atoms with Crippen LogP contribution >= 0.6 is 0 Å². The van der Waals surface area contributed by atoms with E-state index < -0.39 is 0 Å². The number of nitrogens with zero attached hydrogens (tertiary/aromatic N) is 4. The van der Waals surface area contributed by atoms with E-state index in [0.29, 0.717) is 44.6 Å². The maximum atomic E-state index is 10.1. The molecule has 3 aromatic carbocycles. The van der Waals surface area contributed by atoms with Gasteiger partial charge < -0.3 is 10.2 Å². The van der Waals surface area contributed by atoms with Gasteiger partial charge in [0.2, 0.25) is 0 Å². The molecule has 2 N–H and O–H groups in total. The zero-order chi connectivity index (χ0) is 19.1. The third-order valence-electron chi connectivity index (χ3n) is 4.58. The summed E-state index contributed by atoms with van der Waals surface area (Å²) < 4.78 is 0. The minimum Gasteiger partial charge on any atom is -0.507 e. The quantitative estimate of drug-likeness (QED) is 0.312.